The quantitative estimate of drug-likeness (QED) is 0.732. The van der Waals surface area contributed by atoms with Gasteiger partial charge in [-0.05, 0) is 24.5 Å². The first-order valence-corrected chi connectivity index (χ1v) is 6.97. The van der Waals surface area contributed by atoms with E-state index in [0.717, 1.165) is 30.6 Å². The van der Waals surface area contributed by atoms with Gasteiger partial charge in [0.15, 0.2) is 0 Å². The Balaban J connectivity index is 2.92. The molecule has 0 aliphatic carbocycles. The second kappa shape index (κ2) is 7.16. The minimum absolute atomic E-state index is 0.0856. The van der Waals surface area contributed by atoms with Crippen molar-refractivity contribution in [3.05, 3.63) is 16.5 Å². The highest BCUT2D eigenvalue weighted by Gasteiger charge is 2.22. The molecule has 5 heteroatoms. The summed E-state index contributed by atoms with van der Waals surface area (Å²) in [4.78, 5) is 1.14. The van der Waals surface area contributed by atoms with E-state index >= 15 is 0 Å². The second-order valence-electron chi connectivity index (χ2n) is 4.13. The lowest BCUT2D eigenvalue weighted by Crippen LogP contribution is -2.26. The van der Waals surface area contributed by atoms with Gasteiger partial charge in [0.2, 0.25) is 0 Å². The number of rotatable bonds is 7. The number of unbranched alkanes of at least 4 members (excludes halogenated alkanes) is 1. The van der Waals surface area contributed by atoms with Crippen molar-refractivity contribution in [2.24, 2.45) is 0 Å². The summed E-state index contributed by atoms with van der Waals surface area (Å²) in [6, 6.07) is 1.88. The van der Waals surface area contributed by atoms with E-state index < -0.39 is 7.12 Å². The van der Waals surface area contributed by atoms with Crippen LogP contribution in [0.1, 0.15) is 49.7 Å². The summed E-state index contributed by atoms with van der Waals surface area (Å²) in [6.07, 6.45) is 4.23. The van der Waals surface area contributed by atoms with Crippen molar-refractivity contribution in [2.75, 3.05) is 7.11 Å². The van der Waals surface area contributed by atoms with Crippen LogP contribution in [0.5, 0.6) is 0 Å². The standard InChI is InChI=1S/C12H21BO3S/c1-4-6-7-10(16-3)12-9(5-2)8-11(17-12)13(14)15/h8,10,14-15H,4-7H2,1-3H3. The van der Waals surface area contributed by atoms with Crippen LogP contribution in [0.25, 0.3) is 0 Å². The predicted octanol–water partition coefficient (Wildman–Crippen LogP) is 1.87. The Morgan fingerprint density at radius 3 is 2.59 bits per heavy atom. The van der Waals surface area contributed by atoms with E-state index in [1.165, 1.54) is 16.9 Å². The Labute approximate surface area is 108 Å². The number of methoxy groups -OCH3 is 1. The van der Waals surface area contributed by atoms with Crippen LogP contribution >= 0.6 is 11.3 Å². The van der Waals surface area contributed by atoms with Crippen molar-refractivity contribution in [1.29, 1.82) is 0 Å². The molecular weight excluding hydrogens is 235 g/mol. The molecule has 17 heavy (non-hydrogen) atoms. The topological polar surface area (TPSA) is 49.7 Å². The molecule has 0 aromatic carbocycles. The highest BCUT2D eigenvalue weighted by molar-refractivity contribution is 7.22. The van der Waals surface area contributed by atoms with Crippen molar-refractivity contribution in [2.45, 2.75) is 45.6 Å². The van der Waals surface area contributed by atoms with E-state index in [1.807, 2.05) is 6.07 Å². The largest absolute Gasteiger partial charge is 0.499 e. The third kappa shape index (κ3) is 3.81. The summed E-state index contributed by atoms with van der Waals surface area (Å²) < 4.78 is 6.13. The van der Waals surface area contributed by atoms with Gasteiger partial charge < -0.3 is 14.8 Å². The van der Waals surface area contributed by atoms with Crippen molar-refractivity contribution in [3.8, 4) is 0 Å². The summed E-state index contributed by atoms with van der Waals surface area (Å²) in [5.41, 5.74) is 1.17. The van der Waals surface area contributed by atoms with Crippen LogP contribution in [0.3, 0.4) is 0 Å². The van der Waals surface area contributed by atoms with Gasteiger partial charge in [0, 0.05) is 16.8 Å². The number of aryl methyl sites for hydroxylation is 1. The van der Waals surface area contributed by atoms with Crippen LogP contribution in [-0.4, -0.2) is 24.3 Å². The minimum atomic E-state index is -1.37. The van der Waals surface area contributed by atoms with Gasteiger partial charge >= 0.3 is 7.12 Å². The van der Waals surface area contributed by atoms with Crippen LogP contribution in [-0.2, 0) is 11.2 Å². The Bertz CT molecular complexity index is 338. The number of hydrogen-bond donors (Lipinski definition) is 2. The highest BCUT2D eigenvalue weighted by Crippen LogP contribution is 2.30. The molecule has 0 saturated carbocycles. The Morgan fingerprint density at radius 2 is 2.12 bits per heavy atom. The molecule has 3 nitrogen and oxygen atoms in total. The van der Waals surface area contributed by atoms with Gasteiger partial charge in [0.05, 0.1) is 6.10 Å². The zero-order valence-electron chi connectivity index (χ0n) is 10.8. The summed E-state index contributed by atoms with van der Waals surface area (Å²) in [5, 5.41) is 18.4. The van der Waals surface area contributed by atoms with Gasteiger partial charge in [-0.2, -0.15) is 0 Å². The molecule has 0 saturated heterocycles. The fourth-order valence-corrected chi connectivity index (χ4v) is 3.13. The van der Waals surface area contributed by atoms with Crippen molar-refractivity contribution in [1.82, 2.24) is 0 Å². The molecular formula is C12H21BO3S. The molecule has 1 rings (SSSR count). The lowest BCUT2D eigenvalue weighted by atomic mass is 9.88. The Hall–Kier alpha value is -0.355. The van der Waals surface area contributed by atoms with Crippen molar-refractivity contribution in [3.63, 3.8) is 0 Å². The average Bonchev–Trinajstić information content (AvgIpc) is 2.74. The van der Waals surface area contributed by atoms with Gasteiger partial charge in [-0.15, -0.1) is 11.3 Å². The molecule has 0 amide bonds. The monoisotopic (exact) mass is 256 g/mol. The van der Waals surface area contributed by atoms with E-state index in [4.69, 9.17) is 4.74 Å². The molecule has 96 valence electrons. The number of hydrogen-bond acceptors (Lipinski definition) is 4. The van der Waals surface area contributed by atoms with Crippen molar-refractivity contribution >= 4 is 23.2 Å². The number of ether oxygens (including phenoxy) is 1. The average molecular weight is 256 g/mol. The van der Waals surface area contributed by atoms with E-state index in [0.29, 0.717) is 4.78 Å². The van der Waals surface area contributed by atoms with Gasteiger partial charge in [-0.1, -0.05) is 26.7 Å². The first kappa shape index (κ1) is 14.7. The molecule has 0 radical (unpaired) electrons. The number of thiophene rings is 1. The normalized spacial score (nSPS) is 12.8. The molecule has 0 aliphatic heterocycles. The van der Waals surface area contributed by atoms with Crippen LogP contribution < -0.4 is 4.78 Å². The molecule has 1 unspecified atom stereocenters. The summed E-state index contributed by atoms with van der Waals surface area (Å²) >= 11 is 1.45. The molecule has 1 aromatic rings. The fraction of sp³-hybridized carbons (Fsp3) is 0.667. The maximum atomic E-state index is 9.21. The zero-order chi connectivity index (χ0) is 12.8. The molecule has 1 atom stereocenters. The highest BCUT2D eigenvalue weighted by atomic mass is 32.1. The summed E-state index contributed by atoms with van der Waals surface area (Å²) in [6.45, 7) is 4.23. The molecule has 2 N–H and O–H groups in total. The molecule has 0 aliphatic rings. The van der Waals surface area contributed by atoms with Gasteiger partial charge in [0.1, 0.15) is 0 Å². The van der Waals surface area contributed by atoms with E-state index in [9.17, 15) is 10.0 Å². The molecule has 1 heterocycles. The maximum absolute atomic E-state index is 9.21. The molecule has 0 fully saturated rings. The smallest absolute Gasteiger partial charge is 0.423 e. The molecule has 0 spiro atoms. The lowest BCUT2D eigenvalue weighted by molar-refractivity contribution is 0.0959. The predicted molar refractivity (Wildman–Crippen MR) is 72.8 cm³/mol. The van der Waals surface area contributed by atoms with Gasteiger partial charge in [-0.25, -0.2) is 0 Å². The summed E-state index contributed by atoms with van der Waals surface area (Å²) in [7, 11) is 0.344. The van der Waals surface area contributed by atoms with E-state index in [1.54, 1.807) is 7.11 Å². The second-order valence-corrected chi connectivity index (χ2v) is 5.25. The fourth-order valence-electron chi connectivity index (χ4n) is 1.89. The van der Waals surface area contributed by atoms with E-state index in [-0.39, 0.29) is 6.10 Å². The third-order valence-electron chi connectivity index (χ3n) is 2.89. The van der Waals surface area contributed by atoms with Crippen LogP contribution in [0.2, 0.25) is 0 Å². The first-order valence-electron chi connectivity index (χ1n) is 6.15. The Morgan fingerprint density at radius 1 is 1.41 bits per heavy atom. The lowest BCUT2D eigenvalue weighted by Gasteiger charge is -2.15. The zero-order valence-corrected chi connectivity index (χ0v) is 11.6. The van der Waals surface area contributed by atoms with Crippen molar-refractivity contribution < 1.29 is 14.8 Å². The summed E-state index contributed by atoms with van der Waals surface area (Å²) in [5.74, 6) is 0. The maximum Gasteiger partial charge on any atom is 0.499 e. The van der Waals surface area contributed by atoms with Crippen LogP contribution in [0.4, 0.5) is 0 Å². The first-order chi connectivity index (χ1) is 8.13. The van der Waals surface area contributed by atoms with Gasteiger partial charge in [-0.3, -0.25) is 0 Å². The Kier molecular flexibility index (Phi) is 6.20. The van der Waals surface area contributed by atoms with Gasteiger partial charge in [0.25, 0.3) is 0 Å². The third-order valence-corrected chi connectivity index (χ3v) is 4.20. The molecule has 0 bridgehead atoms. The SMILES string of the molecule is CCCCC(OC)c1sc(B(O)O)cc1CC. The van der Waals surface area contributed by atoms with Crippen LogP contribution in [0.15, 0.2) is 6.07 Å². The van der Waals surface area contributed by atoms with Crippen LogP contribution in [0, 0.1) is 0 Å². The minimum Gasteiger partial charge on any atom is -0.423 e. The molecule has 1 aromatic heterocycles. The van der Waals surface area contributed by atoms with E-state index in [2.05, 4.69) is 13.8 Å².